The highest BCUT2D eigenvalue weighted by molar-refractivity contribution is 7.15. The van der Waals surface area contributed by atoms with Crippen molar-refractivity contribution in [3.05, 3.63) is 94.3 Å². The van der Waals surface area contributed by atoms with Crippen molar-refractivity contribution in [3.63, 3.8) is 0 Å². The van der Waals surface area contributed by atoms with Gasteiger partial charge in [-0.2, -0.15) is 0 Å². The zero-order chi connectivity index (χ0) is 26.2. The molecule has 0 unspecified atom stereocenters. The molecular formula is C27H20FN7O2S. The summed E-state index contributed by atoms with van der Waals surface area (Å²) in [5, 5.41) is 12.0. The number of anilines is 1. The number of hydrogen-bond donors (Lipinski definition) is 1. The maximum Gasteiger partial charge on any atom is 0.317 e. The Morgan fingerprint density at radius 1 is 1.00 bits per heavy atom. The summed E-state index contributed by atoms with van der Waals surface area (Å²) in [5.41, 5.74) is 3.41. The van der Waals surface area contributed by atoms with Crippen LogP contribution < -0.4 is 5.32 Å². The van der Waals surface area contributed by atoms with Crippen LogP contribution in [0.4, 0.5) is 10.4 Å². The first kappa shape index (κ1) is 23.7. The molecule has 0 bridgehead atoms. The second-order valence-electron chi connectivity index (χ2n) is 8.64. The summed E-state index contributed by atoms with van der Waals surface area (Å²) in [6, 6.07) is 14.1. The minimum absolute atomic E-state index is 0.00213. The van der Waals surface area contributed by atoms with Crippen molar-refractivity contribution in [2.45, 2.75) is 26.4 Å². The van der Waals surface area contributed by atoms with Crippen molar-refractivity contribution < 1.29 is 13.6 Å². The first-order valence-corrected chi connectivity index (χ1v) is 12.6. The highest BCUT2D eigenvalue weighted by Gasteiger charge is 2.29. The van der Waals surface area contributed by atoms with E-state index in [1.807, 2.05) is 44.2 Å². The maximum absolute atomic E-state index is 14.8. The van der Waals surface area contributed by atoms with Crippen molar-refractivity contribution in [2.24, 2.45) is 4.99 Å². The predicted molar refractivity (Wildman–Crippen MR) is 141 cm³/mol. The van der Waals surface area contributed by atoms with E-state index in [1.54, 1.807) is 24.5 Å². The van der Waals surface area contributed by atoms with Gasteiger partial charge in [0.1, 0.15) is 17.3 Å². The third kappa shape index (κ3) is 4.48. The van der Waals surface area contributed by atoms with Crippen LogP contribution >= 0.6 is 11.3 Å². The lowest BCUT2D eigenvalue weighted by Gasteiger charge is -2.11. The number of nitrogens with zero attached hydrogens (tertiary/aromatic N) is 6. The summed E-state index contributed by atoms with van der Waals surface area (Å²) in [4.78, 5) is 31.8. The van der Waals surface area contributed by atoms with Crippen molar-refractivity contribution in [1.82, 2.24) is 25.1 Å². The largest absolute Gasteiger partial charge is 0.402 e. The Labute approximate surface area is 220 Å². The molecule has 3 aromatic heterocycles. The Balaban J connectivity index is 1.35. The molecule has 6 rings (SSSR count). The number of aliphatic imine (C=N–C) groups is 1. The summed E-state index contributed by atoms with van der Waals surface area (Å²) >= 11 is 1.46. The molecule has 0 saturated heterocycles. The fraction of sp³-hybridized carbons (Fsp3) is 0.148. The van der Waals surface area contributed by atoms with Gasteiger partial charge in [-0.25, -0.2) is 19.3 Å². The van der Waals surface area contributed by atoms with Crippen LogP contribution in [0.1, 0.15) is 27.5 Å². The van der Waals surface area contributed by atoms with Gasteiger partial charge < -0.3 is 9.73 Å². The summed E-state index contributed by atoms with van der Waals surface area (Å²) in [7, 11) is 0. The lowest BCUT2D eigenvalue weighted by molar-refractivity contribution is -0.119. The van der Waals surface area contributed by atoms with Gasteiger partial charge in [0.2, 0.25) is 0 Å². The molecular weight excluding hydrogens is 505 g/mol. The third-order valence-corrected chi connectivity index (χ3v) is 7.02. The van der Waals surface area contributed by atoms with Gasteiger partial charge in [-0.05, 0) is 19.9 Å². The minimum Gasteiger partial charge on any atom is -0.402 e. The summed E-state index contributed by atoms with van der Waals surface area (Å²) in [5.74, 6) is 0.0529. The molecule has 5 aromatic rings. The Kier molecular flexibility index (Phi) is 6.04. The predicted octanol–water partition coefficient (Wildman–Crippen LogP) is 4.81. The maximum atomic E-state index is 14.8. The first-order chi connectivity index (χ1) is 18.5. The molecule has 0 aliphatic carbocycles. The van der Waals surface area contributed by atoms with Gasteiger partial charge in [-0.1, -0.05) is 47.6 Å². The number of halogens is 1. The van der Waals surface area contributed by atoms with E-state index in [4.69, 9.17) is 9.41 Å². The lowest BCUT2D eigenvalue weighted by atomic mass is 9.95. The van der Waals surface area contributed by atoms with E-state index in [0.29, 0.717) is 28.4 Å². The van der Waals surface area contributed by atoms with Gasteiger partial charge in [-0.3, -0.25) is 9.79 Å². The van der Waals surface area contributed by atoms with E-state index in [-0.39, 0.29) is 24.1 Å². The number of carbonyl (C=O) groups excluding carboxylic acids is 1. The van der Waals surface area contributed by atoms with Gasteiger partial charge in [0.05, 0.1) is 15.6 Å². The highest BCUT2D eigenvalue weighted by atomic mass is 32.1. The lowest BCUT2D eigenvalue weighted by Crippen LogP contribution is -2.29. The number of rotatable bonds is 5. The molecule has 2 aromatic carbocycles. The Bertz CT molecular complexity index is 1680. The SMILES string of the molecule is Cc1ncc(-c2sc(C)nc2-c2nnc(N[C@@H]3N=C(c4ccccc4)c4cccc(F)c4CC3=O)o2)cn1. The number of carbonyl (C=O) groups is 1. The quantitative estimate of drug-likeness (QED) is 0.347. The van der Waals surface area contributed by atoms with Crippen LogP contribution in [0, 0.1) is 19.7 Å². The Morgan fingerprint density at radius 2 is 1.79 bits per heavy atom. The van der Waals surface area contributed by atoms with Crippen LogP contribution in [0.2, 0.25) is 0 Å². The number of benzene rings is 2. The molecule has 188 valence electrons. The smallest absolute Gasteiger partial charge is 0.317 e. The second-order valence-corrected chi connectivity index (χ2v) is 9.84. The third-order valence-electron chi connectivity index (χ3n) is 6.00. The zero-order valence-electron chi connectivity index (χ0n) is 20.3. The molecule has 1 aliphatic rings. The standard InChI is InChI=1S/C27H20FN7O2S/c1-14-29-12-17(13-30-14)24-23(31-15(2)38-24)26-34-35-27(37-26)33-25-21(36)11-19-18(9-6-10-20(19)28)22(32-25)16-7-4-3-5-8-16/h3-10,12-13,25H,11H2,1-2H3,(H,33,35)/t25-/m0/s1. The summed E-state index contributed by atoms with van der Waals surface area (Å²) < 4.78 is 20.7. The molecule has 1 atom stereocenters. The number of aryl methyl sites for hydroxylation is 2. The summed E-state index contributed by atoms with van der Waals surface area (Å²) in [6.07, 6.45) is 2.24. The van der Waals surface area contributed by atoms with Gasteiger partial charge in [0.25, 0.3) is 5.89 Å². The van der Waals surface area contributed by atoms with Gasteiger partial charge in [0, 0.05) is 41.1 Å². The molecule has 1 aliphatic heterocycles. The van der Waals surface area contributed by atoms with Crippen LogP contribution in [0.5, 0.6) is 0 Å². The monoisotopic (exact) mass is 525 g/mol. The van der Waals surface area contributed by atoms with E-state index < -0.39 is 12.0 Å². The second kappa shape index (κ2) is 9.67. The molecule has 38 heavy (non-hydrogen) atoms. The van der Waals surface area contributed by atoms with E-state index in [1.165, 1.54) is 17.4 Å². The molecule has 9 nitrogen and oxygen atoms in total. The molecule has 0 amide bonds. The normalized spacial score (nSPS) is 15.1. The van der Waals surface area contributed by atoms with Crippen LogP contribution in [-0.4, -0.2) is 42.8 Å². The number of Topliss-reactive ketones (excluding diaryl/α,β-unsaturated/α-hetero) is 1. The number of ketones is 1. The average Bonchev–Trinajstić information content (AvgIpc) is 3.51. The van der Waals surface area contributed by atoms with Crippen molar-refractivity contribution in [2.75, 3.05) is 5.32 Å². The Morgan fingerprint density at radius 3 is 2.58 bits per heavy atom. The van der Waals surface area contributed by atoms with Crippen LogP contribution in [-0.2, 0) is 11.2 Å². The van der Waals surface area contributed by atoms with E-state index >= 15 is 0 Å². The molecule has 0 fully saturated rings. The zero-order valence-corrected chi connectivity index (χ0v) is 21.2. The van der Waals surface area contributed by atoms with Crippen LogP contribution in [0.15, 0.2) is 70.3 Å². The van der Waals surface area contributed by atoms with Crippen molar-refractivity contribution >= 4 is 28.8 Å². The molecule has 11 heteroatoms. The number of hydrogen-bond acceptors (Lipinski definition) is 10. The highest BCUT2D eigenvalue weighted by Crippen LogP contribution is 2.36. The molecule has 0 saturated carbocycles. The first-order valence-electron chi connectivity index (χ1n) is 11.8. The topological polar surface area (TPSA) is 119 Å². The number of aromatic nitrogens is 5. The van der Waals surface area contributed by atoms with Crippen molar-refractivity contribution in [3.8, 4) is 22.0 Å². The molecule has 1 N–H and O–H groups in total. The Hall–Kier alpha value is -4.64. The number of thiazole rings is 1. The minimum atomic E-state index is -1.06. The summed E-state index contributed by atoms with van der Waals surface area (Å²) in [6.45, 7) is 3.69. The molecule has 0 radical (unpaired) electrons. The number of fused-ring (bicyclic) bond motifs is 1. The van der Waals surface area contributed by atoms with Gasteiger partial charge >= 0.3 is 6.01 Å². The number of nitrogens with one attached hydrogen (secondary N) is 1. The van der Waals surface area contributed by atoms with E-state index in [0.717, 1.165) is 21.0 Å². The average molecular weight is 526 g/mol. The van der Waals surface area contributed by atoms with E-state index in [9.17, 15) is 9.18 Å². The van der Waals surface area contributed by atoms with Gasteiger partial charge in [-0.15, -0.1) is 16.4 Å². The van der Waals surface area contributed by atoms with Crippen LogP contribution in [0.3, 0.4) is 0 Å². The van der Waals surface area contributed by atoms with E-state index in [2.05, 4.69) is 30.5 Å². The molecule has 4 heterocycles. The fourth-order valence-electron chi connectivity index (χ4n) is 4.21. The fourth-order valence-corrected chi connectivity index (χ4v) is 5.10. The van der Waals surface area contributed by atoms with Crippen LogP contribution in [0.25, 0.3) is 22.0 Å². The molecule has 0 spiro atoms. The van der Waals surface area contributed by atoms with Crippen molar-refractivity contribution in [1.29, 1.82) is 0 Å². The van der Waals surface area contributed by atoms with Gasteiger partial charge in [0.15, 0.2) is 11.9 Å².